The molecule has 1 saturated heterocycles. The third-order valence-corrected chi connectivity index (χ3v) is 5.09. The summed E-state index contributed by atoms with van der Waals surface area (Å²) in [5.41, 5.74) is 2.31. The summed E-state index contributed by atoms with van der Waals surface area (Å²) in [6, 6.07) is 7.88. The summed E-state index contributed by atoms with van der Waals surface area (Å²) < 4.78 is 5.33. The predicted molar refractivity (Wildman–Crippen MR) is 103 cm³/mol. The number of carbonyl (C=O) groups excluding carboxylic acids is 1. The Hall–Kier alpha value is -3.29. The van der Waals surface area contributed by atoms with Gasteiger partial charge in [-0.2, -0.15) is 0 Å². The van der Waals surface area contributed by atoms with Crippen molar-refractivity contribution in [1.82, 2.24) is 15.0 Å². The molecule has 8 nitrogen and oxygen atoms in total. The van der Waals surface area contributed by atoms with Crippen LogP contribution in [0.1, 0.15) is 41.7 Å². The maximum Gasteiger partial charge on any atom is 0.270 e. The molecule has 3 heterocycles. The smallest absolute Gasteiger partial charge is 0.270 e. The van der Waals surface area contributed by atoms with E-state index in [1.54, 1.807) is 25.1 Å². The van der Waals surface area contributed by atoms with Gasteiger partial charge in [-0.15, -0.1) is 0 Å². The Morgan fingerprint density at radius 3 is 2.64 bits per heavy atom. The molecule has 1 fully saturated rings. The van der Waals surface area contributed by atoms with E-state index in [-0.39, 0.29) is 17.3 Å². The molecule has 3 aromatic rings. The van der Waals surface area contributed by atoms with Crippen molar-refractivity contribution in [3.8, 4) is 11.3 Å². The number of likely N-dealkylation sites (tertiary alicyclic amines) is 1. The van der Waals surface area contributed by atoms with Crippen LogP contribution in [-0.2, 0) is 0 Å². The largest absolute Gasteiger partial charge is 0.339 e. The topological polar surface area (TPSA) is 102 Å². The summed E-state index contributed by atoms with van der Waals surface area (Å²) in [5.74, 6) is -0.0766. The van der Waals surface area contributed by atoms with Gasteiger partial charge < -0.3 is 9.42 Å². The molecule has 2 aromatic heterocycles. The van der Waals surface area contributed by atoms with E-state index in [0.717, 1.165) is 38.8 Å². The number of benzene rings is 1. The van der Waals surface area contributed by atoms with Gasteiger partial charge >= 0.3 is 0 Å². The Bertz CT molecular complexity index is 1050. The van der Waals surface area contributed by atoms with Crippen molar-refractivity contribution in [2.45, 2.75) is 32.6 Å². The van der Waals surface area contributed by atoms with Gasteiger partial charge in [-0.3, -0.25) is 14.9 Å². The first-order valence-corrected chi connectivity index (χ1v) is 9.36. The molecule has 0 N–H and O–H groups in total. The van der Waals surface area contributed by atoms with E-state index in [1.165, 1.54) is 12.1 Å². The molecule has 1 aliphatic heterocycles. The van der Waals surface area contributed by atoms with Crippen LogP contribution in [0, 0.1) is 17.0 Å². The maximum atomic E-state index is 13.3. The van der Waals surface area contributed by atoms with Crippen LogP contribution in [-0.4, -0.2) is 39.0 Å². The third-order valence-electron chi connectivity index (χ3n) is 5.09. The van der Waals surface area contributed by atoms with Crippen molar-refractivity contribution in [2.24, 2.45) is 0 Å². The van der Waals surface area contributed by atoms with Crippen molar-refractivity contribution in [3.05, 3.63) is 51.7 Å². The monoisotopic (exact) mass is 380 g/mol. The lowest BCUT2D eigenvalue weighted by Crippen LogP contribution is -2.32. The number of hydrogen-bond donors (Lipinski definition) is 0. The van der Waals surface area contributed by atoms with Crippen LogP contribution in [0.15, 0.2) is 34.9 Å². The average molecular weight is 380 g/mol. The molecule has 144 valence electrons. The fourth-order valence-corrected chi connectivity index (χ4v) is 3.63. The summed E-state index contributed by atoms with van der Waals surface area (Å²) in [6.07, 6.45) is 4.22. The van der Waals surface area contributed by atoms with Gasteiger partial charge in [0.15, 0.2) is 0 Å². The molecule has 1 amide bonds. The van der Waals surface area contributed by atoms with E-state index in [0.29, 0.717) is 27.9 Å². The van der Waals surface area contributed by atoms with Gasteiger partial charge in [-0.25, -0.2) is 4.98 Å². The lowest BCUT2D eigenvalue weighted by atomic mass is 10.0. The van der Waals surface area contributed by atoms with Crippen LogP contribution in [0.2, 0.25) is 0 Å². The summed E-state index contributed by atoms with van der Waals surface area (Å²) in [6.45, 7) is 3.22. The highest BCUT2D eigenvalue weighted by molar-refractivity contribution is 6.07. The van der Waals surface area contributed by atoms with Crippen molar-refractivity contribution in [2.75, 3.05) is 13.1 Å². The number of rotatable bonds is 3. The second-order valence-corrected chi connectivity index (χ2v) is 7.02. The fraction of sp³-hybridized carbons (Fsp3) is 0.350. The number of nitro benzene ring substituents is 1. The predicted octanol–water partition coefficient (Wildman–Crippen LogP) is 4.12. The SMILES string of the molecule is Cc1noc2nc(-c3cccc([N+](=O)[O-])c3)cc(C(=O)N3CCCCCC3)c12. The number of nitrogens with zero attached hydrogens (tertiary/aromatic N) is 4. The van der Waals surface area contributed by atoms with Crippen LogP contribution in [0.25, 0.3) is 22.4 Å². The molecule has 0 saturated carbocycles. The van der Waals surface area contributed by atoms with Gasteiger partial charge in [0.2, 0.25) is 0 Å². The molecule has 0 unspecified atom stereocenters. The van der Waals surface area contributed by atoms with Crippen molar-refractivity contribution >= 4 is 22.7 Å². The number of nitro groups is 1. The molecule has 4 rings (SSSR count). The summed E-state index contributed by atoms with van der Waals surface area (Å²) in [7, 11) is 0. The highest BCUT2D eigenvalue weighted by Crippen LogP contribution is 2.30. The minimum atomic E-state index is -0.454. The third kappa shape index (κ3) is 3.33. The normalized spacial score (nSPS) is 14.8. The number of fused-ring (bicyclic) bond motifs is 1. The van der Waals surface area contributed by atoms with Crippen LogP contribution in [0.4, 0.5) is 5.69 Å². The molecular weight excluding hydrogens is 360 g/mol. The zero-order valence-corrected chi connectivity index (χ0v) is 15.6. The quantitative estimate of drug-likeness (QED) is 0.500. The molecule has 0 bridgehead atoms. The Kier molecular flexibility index (Phi) is 4.77. The molecule has 0 atom stereocenters. The van der Waals surface area contributed by atoms with Crippen molar-refractivity contribution < 1.29 is 14.2 Å². The van der Waals surface area contributed by atoms with Crippen LogP contribution in [0.5, 0.6) is 0 Å². The van der Waals surface area contributed by atoms with E-state index in [4.69, 9.17) is 4.52 Å². The van der Waals surface area contributed by atoms with Crippen molar-refractivity contribution in [3.63, 3.8) is 0 Å². The van der Waals surface area contributed by atoms with Gasteiger partial charge in [0, 0.05) is 30.8 Å². The van der Waals surface area contributed by atoms with Gasteiger partial charge in [-0.05, 0) is 25.8 Å². The van der Waals surface area contributed by atoms with Gasteiger partial charge in [-0.1, -0.05) is 30.1 Å². The number of pyridine rings is 1. The number of carbonyl (C=O) groups is 1. The highest BCUT2D eigenvalue weighted by Gasteiger charge is 2.24. The Morgan fingerprint density at radius 1 is 1.18 bits per heavy atom. The number of aromatic nitrogens is 2. The summed E-state index contributed by atoms with van der Waals surface area (Å²) in [4.78, 5) is 30.3. The van der Waals surface area contributed by atoms with Gasteiger partial charge in [0.1, 0.15) is 0 Å². The average Bonchev–Trinajstić information content (AvgIpc) is 2.91. The molecule has 0 aliphatic carbocycles. The number of non-ortho nitro benzene ring substituents is 1. The summed E-state index contributed by atoms with van der Waals surface area (Å²) in [5, 5.41) is 15.7. The van der Waals surface area contributed by atoms with Gasteiger partial charge in [0.25, 0.3) is 17.3 Å². The zero-order chi connectivity index (χ0) is 19.7. The molecule has 28 heavy (non-hydrogen) atoms. The van der Waals surface area contributed by atoms with Crippen LogP contribution < -0.4 is 0 Å². The van der Waals surface area contributed by atoms with Crippen LogP contribution >= 0.6 is 0 Å². The highest BCUT2D eigenvalue weighted by atomic mass is 16.6. The lowest BCUT2D eigenvalue weighted by molar-refractivity contribution is -0.384. The Morgan fingerprint density at radius 2 is 1.93 bits per heavy atom. The fourth-order valence-electron chi connectivity index (χ4n) is 3.63. The Labute approximate surface area is 161 Å². The molecule has 0 radical (unpaired) electrons. The molecule has 1 aliphatic rings. The Balaban J connectivity index is 1.83. The maximum absolute atomic E-state index is 13.3. The van der Waals surface area contributed by atoms with E-state index >= 15 is 0 Å². The van der Waals surface area contributed by atoms with Gasteiger partial charge in [0.05, 0.1) is 27.3 Å². The molecule has 0 spiro atoms. The number of amides is 1. The molecular formula is C20H20N4O4. The minimum Gasteiger partial charge on any atom is -0.339 e. The van der Waals surface area contributed by atoms with Crippen molar-refractivity contribution in [1.29, 1.82) is 0 Å². The standard InChI is InChI=1S/C20H20N4O4/c1-13-18-16(20(25)23-9-4-2-3-5-10-23)12-17(21-19(18)28-22-13)14-7-6-8-15(11-14)24(26)27/h6-8,11-12H,2-5,9-10H2,1H3. The minimum absolute atomic E-state index is 0.0338. The zero-order valence-electron chi connectivity index (χ0n) is 15.6. The molecule has 8 heteroatoms. The van der Waals surface area contributed by atoms with E-state index < -0.39 is 4.92 Å². The number of aryl methyl sites for hydroxylation is 1. The van der Waals surface area contributed by atoms with E-state index in [9.17, 15) is 14.9 Å². The van der Waals surface area contributed by atoms with E-state index in [2.05, 4.69) is 10.1 Å². The summed E-state index contributed by atoms with van der Waals surface area (Å²) >= 11 is 0. The second-order valence-electron chi connectivity index (χ2n) is 7.02. The first kappa shape index (κ1) is 18.1. The van der Waals surface area contributed by atoms with E-state index in [1.807, 2.05) is 4.90 Å². The molecule has 1 aromatic carbocycles. The second kappa shape index (κ2) is 7.38. The lowest BCUT2D eigenvalue weighted by Gasteiger charge is -2.21. The number of hydrogen-bond acceptors (Lipinski definition) is 6. The first-order chi connectivity index (χ1) is 13.5. The van der Waals surface area contributed by atoms with Crippen LogP contribution in [0.3, 0.4) is 0 Å². The first-order valence-electron chi connectivity index (χ1n) is 9.36.